The number of hydrogen-bond donors (Lipinski definition) is 0. The van der Waals surface area contributed by atoms with Crippen LogP contribution in [-0.4, -0.2) is 25.9 Å². The number of fused-ring (bicyclic) bond motifs is 1. The van der Waals surface area contributed by atoms with Crippen molar-refractivity contribution in [3.8, 4) is 5.75 Å². The molecule has 0 amide bonds. The molecule has 0 bridgehead atoms. The van der Waals surface area contributed by atoms with Gasteiger partial charge in [-0.15, -0.1) is 0 Å². The highest BCUT2D eigenvalue weighted by atomic mass is 19.4. The maximum Gasteiger partial charge on any atom is 0.437 e. The Morgan fingerprint density at radius 1 is 1.04 bits per heavy atom. The van der Waals surface area contributed by atoms with Crippen molar-refractivity contribution < 1.29 is 31.8 Å². The zero-order valence-electron chi connectivity index (χ0n) is 12.4. The molecule has 2 aromatic carbocycles. The van der Waals surface area contributed by atoms with E-state index in [1.165, 1.54) is 32.2 Å². The minimum Gasteiger partial charge on any atom is -0.497 e. The molecule has 0 aliphatic carbocycles. The van der Waals surface area contributed by atoms with Crippen LogP contribution in [0.1, 0.15) is 12.5 Å². The smallest absolute Gasteiger partial charge is 0.437 e. The summed E-state index contributed by atoms with van der Waals surface area (Å²) in [4.78, 5) is 11.6. The molecule has 7 heteroatoms. The first-order valence-corrected chi connectivity index (χ1v) is 6.75. The molecule has 0 unspecified atom stereocenters. The molecule has 0 radical (unpaired) electrons. The number of ether oxygens (including phenoxy) is 2. The van der Waals surface area contributed by atoms with E-state index in [1.807, 2.05) is 0 Å². The van der Waals surface area contributed by atoms with Gasteiger partial charge in [0.2, 0.25) is 0 Å². The first-order valence-electron chi connectivity index (χ1n) is 6.75. The Balaban J connectivity index is 2.59. The van der Waals surface area contributed by atoms with Crippen LogP contribution in [0.15, 0.2) is 36.4 Å². The second-order valence-electron chi connectivity index (χ2n) is 4.80. The van der Waals surface area contributed by atoms with E-state index in [-0.39, 0.29) is 6.61 Å². The average Bonchev–Trinajstić information content (AvgIpc) is 2.52. The zero-order chi connectivity index (χ0) is 17.3. The Morgan fingerprint density at radius 3 is 2.22 bits per heavy atom. The van der Waals surface area contributed by atoms with Crippen molar-refractivity contribution in [3.63, 3.8) is 0 Å². The molecule has 1 atom stereocenters. The van der Waals surface area contributed by atoms with Crippen molar-refractivity contribution >= 4 is 16.7 Å². The van der Waals surface area contributed by atoms with Crippen LogP contribution in [0.3, 0.4) is 0 Å². The van der Waals surface area contributed by atoms with Crippen molar-refractivity contribution in [1.82, 2.24) is 0 Å². The van der Waals surface area contributed by atoms with E-state index >= 15 is 0 Å². The molecular weight excluding hydrogens is 316 g/mol. The molecule has 0 N–H and O–H groups in total. The van der Waals surface area contributed by atoms with Gasteiger partial charge in [0.1, 0.15) is 5.75 Å². The van der Waals surface area contributed by atoms with Gasteiger partial charge in [-0.05, 0) is 35.9 Å². The number of carbonyl (C=O) groups excluding carboxylic acids is 1. The molecule has 2 aromatic rings. The van der Waals surface area contributed by atoms with Gasteiger partial charge in [-0.3, -0.25) is 0 Å². The molecule has 3 nitrogen and oxygen atoms in total. The zero-order valence-corrected chi connectivity index (χ0v) is 12.4. The first kappa shape index (κ1) is 17.1. The van der Waals surface area contributed by atoms with Crippen LogP contribution in [0.4, 0.5) is 17.6 Å². The lowest BCUT2D eigenvalue weighted by Crippen LogP contribution is -2.46. The molecule has 0 aromatic heterocycles. The van der Waals surface area contributed by atoms with E-state index in [0.29, 0.717) is 16.5 Å². The molecule has 0 saturated heterocycles. The Labute approximate surface area is 129 Å². The molecule has 0 heterocycles. The fourth-order valence-electron chi connectivity index (χ4n) is 2.19. The molecule has 124 valence electrons. The Bertz CT molecular complexity index is 727. The highest BCUT2D eigenvalue weighted by Gasteiger charge is 2.64. The van der Waals surface area contributed by atoms with Crippen LogP contribution in [0.25, 0.3) is 10.8 Å². The molecule has 0 spiro atoms. The minimum atomic E-state index is -5.43. The number of halogens is 4. The number of esters is 1. The van der Waals surface area contributed by atoms with E-state index in [0.717, 1.165) is 12.1 Å². The van der Waals surface area contributed by atoms with Crippen molar-refractivity contribution in [1.29, 1.82) is 0 Å². The van der Waals surface area contributed by atoms with Gasteiger partial charge in [-0.25, -0.2) is 9.18 Å². The fraction of sp³-hybridized carbons (Fsp3) is 0.312. The summed E-state index contributed by atoms with van der Waals surface area (Å²) in [7, 11) is 1.45. The number of hydrogen-bond acceptors (Lipinski definition) is 3. The van der Waals surface area contributed by atoms with Gasteiger partial charge in [0.05, 0.1) is 13.7 Å². The van der Waals surface area contributed by atoms with E-state index in [2.05, 4.69) is 4.74 Å². The van der Waals surface area contributed by atoms with Gasteiger partial charge >= 0.3 is 17.8 Å². The third-order valence-electron chi connectivity index (χ3n) is 3.39. The third kappa shape index (κ3) is 2.95. The van der Waals surface area contributed by atoms with E-state index in [9.17, 15) is 22.4 Å². The number of alkyl halides is 4. The standard InChI is InChI=1S/C16H14F4O3/c1-3-23-14(21)15(17,16(18,19)20)12-6-4-11-9-13(22-2)7-5-10(11)8-12/h4-9H,3H2,1-2H3/t15-/m1/s1. The molecule has 2 rings (SSSR count). The van der Waals surface area contributed by atoms with Gasteiger partial charge < -0.3 is 9.47 Å². The van der Waals surface area contributed by atoms with Gasteiger partial charge in [-0.1, -0.05) is 18.2 Å². The van der Waals surface area contributed by atoms with Crippen LogP contribution in [0.5, 0.6) is 5.75 Å². The number of benzene rings is 2. The first-order chi connectivity index (χ1) is 10.7. The predicted molar refractivity (Wildman–Crippen MR) is 76.0 cm³/mol. The van der Waals surface area contributed by atoms with Gasteiger partial charge in [0, 0.05) is 5.56 Å². The molecule has 0 fully saturated rings. The maximum atomic E-state index is 14.7. The monoisotopic (exact) mass is 330 g/mol. The second kappa shape index (κ2) is 6.06. The number of carbonyl (C=O) groups is 1. The third-order valence-corrected chi connectivity index (χ3v) is 3.39. The number of methoxy groups -OCH3 is 1. The van der Waals surface area contributed by atoms with Gasteiger partial charge in [0.25, 0.3) is 0 Å². The fourth-order valence-corrected chi connectivity index (χ4v) is 2.19. The van der Waals surface area contributed by atoms with Crippen LogP contribution < -0.4 is 4.74 Å². The van der Waals surface area contributed by atoms with E-state index in [4.69, 9.17) is 4.74 Å². The minimum absolute atomic E-state index is 0.346. The molecule has 0 aliphatic heterocycles. The van der Waals surface area contributed by atoms with Crippen molar-refractivity contribution in [3.05, 3.63) is 42.0 Å². The SMILES string of the molecule is CCOC(=O)[C@](F)(c1ccc2cc(OC)ccc2c1)C(F)(F)F. The Kier molecular flexibility index (Phi) is 4.49. The quantitative estimate of drug-likeness (QED) is 0.624. The summed E-state index contributed by atoms with van der Waals surface area (Å²) in [6, 6.07) is 7.82. The average molecular weight is 330 g/mol. The van der Waals surface area contributed by atoms with Crippen LogP contribution in [0, 0.1) is 0 Å². The van der Waals surface area contributed by atoms with Crippen molar-refractivity contribution in [2.45, 2.75) is 18.8 Å². The van der Waals surface area contributed by atoms with Crippen LogP contribution in [0.2, 0.25) is 0 Å². The topological polar surface area (TPSA) is 35.5 Å². The highest BCUT2D eigenvalue weighted by molar-refractivity contribution is 5.88. The summed E-state index contributed by atoms with van der Waals surface area (Å²) in [5.41, 5.74) is -5.03. The highest BCUT2D eigenvalue weighted by Crippen LogP contribution is 2.44. The van der Waals surface area contributed by atoms with Crippen molar-refractivity contribution in [2.24, 2.45) is 0 Å². The summed E-state index contributed by atoms with van der Waals surface area (Å²) in [6.07, 6.45) is -5.43. The van der Waals surface area contributed by atoms with Crippen LogP contribution in [-0.2, 0) is 15.2 Å². The summed E-state index contributed by atoms with van der Waals surface area (Å²) in [5.74, 6) is -1.46. The van der Waals surface area contributed by atoms with Gasteiger partial charge in [0.15, 0.2) is 0 Å². The van der Waals surface area contributed by atoms with Gasteiger partial charge in [-0.2, -0.15) is 13.2 Å². The Morgan fingerprint density at radius 2 is 1.65 bits per heavy atom. The second-order valence-corrected chi connectivity index (χ2v) is 4.80. The predicted octanol–water partition coefficient (Wildman–Crippen LogP) is 4.14. The Hall–Kier alpha value is -2.31. The normalized spacial score (nSPS) is 14.3. The van der Waals surface area contributed by atoms with Crippen LogP contribution >= 0.6 is 0 Å². The lowest BCUT2D eigenvalue weighted by molar-refractivity contribution is -0.243. The summed E-state index contributed by atoms with van der Waals surface area (Å²) in [5, 5.41) is 0.903. The summed E-state index contributed by atoms with van der Waals surface area (Å²) < 4.78 is 63.5. The van der Waals surface area contributed by atoms with E-state index in [1.54, 1.807) is 6.07 Å². The number of rotatable bonds is 4. The molecule has 0 saturated carbocycles. The summed E-state index contributed by atoms with van der Waals surface area (Å²) >= 11 is 0. The van der Waals surface area contributed by atoms with E-state index < -0.39 is 23.4 Å². The summed E-state index contributed by atoms with van der Waals surface area (Å²) in [6.45, 7) is 0.951. The van der Waals surface area contributed by atoms with Crippen molar-refractivity contribution in [2.75, 3.05) is 13.7 Å². The molecule has 0 aliphatic rings. The lowest BCUT2D eigenvalue weighted by Gasteiger charge is -2.26. The maximum absolute atomic E-state index is 14.7. The molecule has 23 heavy (non-hydrogen) atoms. The lowest BCUT2D eigenvalue weighted by atomic mass is 9.92. The molecular formula is C16H14F4O3. The largest absolute Gasteiger partial charge is 0.497 e.